The number of halogens is 2. The number of anilines is 2. The first-order valence-corrected chi connectivity index (χ1v) is 7.24. The number of rotatable bonds is 3. The molecule has 0 atom stereocenters. The van der Waals surface area contributed by atoms with Crippen LogP contribution in [0.3, 0.4) is 0 Å². The molecule has 0 radical (unpaired) electrons. The second kappa shape index (κ2) is 5.88. The molecule has 0 saturated carbocycles. The minimum absolute atomic E-state index is 0.491. The summed E-state index contributed by atoms with van der Waals surface area (Å²) in [4.78, 5) is 8.55. The lowest BCUT2D eigenvalue weighted by Crippen LogP contribution is -2.03. The van der Waals surface area contributed by atoms with Crippen LogP contribution in [0.5, 0.6) is 0 Å². The Balaban J connectivity index is 2.41. The minimum Gasteiger partial charge on any atom is -0.340 e. The van der Waals surface area contributed by atoms with Crippen LogP contribution in [-0.4, -0.2) is 9.97 Å². The highest BCUT2D eigenvalue weighted by Gasteiger charge is 2.09. The average Bonchev–Trinajstić information content (AvgIpc) is 2.37. The second-order valence-corrected chi connectivity index (χ2v) is 5.59. The van der Waals surface area contributed by atoms with Gasteiger partial charge in [-0.1, -0.05) is 34.5 Å². The molecule has 0 aliphatic heterocycles. The maximum atomic E-state index is 6.09. The van der Waals surface area contributed by atoms with Crippen molar-refractivity contribution >= 4 is 39.0 Å². The van der Waals surface area contributed by atoms with Crippen LogP contribution < -0.4 is 5.32 Å². The van der Waals surface area contributed by atoms with Crippen LogP contribution in [0.15, 0.2) is 22.7 Å². The van der Waals surface area contributed by atoms with E-state index in [1.54, 1.807) is 0 Å². The Bertz CT molecular complexity index is 614. The molecule has 2 rings (SSSR count). The van der Waals surface area contributed by atoms with Gasteiger partial charge in [-0.15, -0.1) is 0 Å². The largest absolute Gasteiger partial charge is 0.340 e. The molecule has 2 aromatic rings. The molecule has 100 valence electrons. The molecule has 3 nitrogen and oxygen atoms in total. The van der Waals surface area contributed by atoms with Crippen molar-refractivity contribution in [3.63, 3.8) is 0 Å². The van der Waals surface area contributed by atoms with Crippen LogP contribution in [0.4, 0.5) is 11.5 Å². The van der Waals surface area contributed by atoms with E-state index in [9.17, 15) is 0 Å². The molecular weight excluding hydrogens is 326 g/mol. The molecule has 0 spiro atoms. The SMILES string of the molecule is CCc1cc(Br)ccc1Nc1nc(C)nc(Cl)c1C. The predicted molar refractivity (Wildman–Crippen MR) is 83.3 cm³/mol. The second-order valence-electron chi connectivity index (χ2n) is 4.32. The first kappa shape index (κ1) is 14.3. The maximum absolute atomic E-state index is 6.09. The summed E-state index contributed by atoms with van der Waals surface area (Å²) in [5, 5.41) is 3.84. The van der Waals surface area contributed by atoms with E-state index >= 15 is 0 Å². The van der Waals surface area contributed by atoms with Crippen molar-refractivity contribution in [1.82, 2.24) is 9.97 Å². The molecule has 5 heteroatoms. The molecule has 0 amide bonds. The Hall–Kier alpha value is -1.13. The average molecular weight is 341 g/mol. The van der Waals surface area contributed by atoms with Gasteiger partial charge in [0.05, 0.1) is 0 Å². The Kier molecular flexibility index (Phi) is 4.42. The summed E-state index contributed by atoms with van der Waals surface area (Å²) < 4.78 is 1.07. The number of benzene rings is 1. The van der Waals surface area contributed by atoms with Crippen molar-refractivity contribution in [2.75, 3.05) is 5.32 Å². The molecule has 1 aromatic carbocycles. The number of hydrogen-bond acceptors (Lipinski definition) is 3. The zero-order valence-corrected chi connectivity index (χ0v) is 13.4. The van der Waals surface area contributed by atoms with Gasteiger partial charge in [0.2, 0.25) is 0 Å². The molecule has 1 aromatic heterocycles. The van der Waals surface area contributed by atoms with Crippen LogP contribution in [0.2, 0.25) is 5.15 Å². The summed E-state index contributed by atoms with van der Waals surface area (Å²) in [5.41, 5.74) is 3.13. The van der Waals surface area contributed by atoms with Gasteiger partial charge in [0.1, 0.15) is 16.8 Å². The van der Waals surface area contributed by atoms with Gasteiger partial charge in [-0.05, 0) is 44.0 Å². The van der Waals surface area contributed by atoms with Crippen molar-refractivity contribution in [3.8, 4) is 0 Å². The molecule has 0 aliphatic rings. The molecule has 1 heterocycles. The van der Waals surface area contributed by atoms with Crippen LogP contribution in [0.1, 0.15) is 23.9 Å². The molecule has 0 aliphatic carbocycles. The number of nitrogens with zero attached hydrogens (tertiary/aromatic N) is 2. The maximum Gasteiger partial charge on any atom is 0.138 e. The van der Waals surface area contributed by atoms with E-state index in [1.165, 1.54) is 5.56 Å². The van der Waals surface area contributed by atoms with Crippen molar-refractivity contribution in [1.29, 1.82) is 0 Å². The fourth-order valence-corrected chi connectivity index (χ4v) is 2.44. The lowest BCUT2D eigenvalue weighted by Gasteiger charge is -2.13. The summed E-state index contributed by atoms with van der Waals surface area (Å²) in [6.07, 6.45) is 0.943. The van der Waals surface area contributed by atoms with Crippen LogP contribution in [0.25, 0.3) is 0 Å². The van der Waals surface area contributed by atoms with Gasteiger partial charge in [0, 0.05) is 15.7 Å². The monoisotopic (exact) mass is 339 g/mol. The van der Waals surface area contributed by atoms with E-state index in [0.29, 0.717) is 11.0 Å². The van der Waals surface area contributed by atoms with Gasteiger partial charge in [0.25, 0.3) is 0 Å². The normalized spacial score (nSPS) is 10.6. The summed E-state index contributed by atoms with van der Waals surface area (Å²) in [6, 6.07) is 6.15. The molecule has 19 heavy (non-hydrogen) atoms. The van der Waals surface area contributed by atoms with Crippen molar-refractivity contribution in [3.05, 3.63) is 44.8 Å². The summed E-state index contributed by atoms with van der Waals surface area (Å²) in [7, 11) is 0. The smallest absolute Gasteiger partial charge is 0.138 e. The van der Waals surface area contributed by atoms with E-state index < -0.39 is 0 Å². The van der Waals surface area contributed by atoms with E-state index in [-0.39, 0.29) is 0 Å². The molecule has 0 bridgehead atoms. The lowest BCUT2D eigenvalue weighted by atomic mass is 10.1. The topological polar surface area (TPSA) is 37.8 Å². The summed E-state index contributed by atoms with van der Waals surface area (Å²) >= 11 is 9.57. The fraction of sp³-hybridized carbons (Fsp3) is 0.286. The molecule has 0 unspecified atom stereocenters. The molecule has 1 N–H and O–H groups in total. The number of aromatic nitrogens is 2. The van der Waals surface area contributed by atoms with E-state index in [4.69, 9.17) is 11.6 Å². The quantitative estimate of drug-likeness (QED) is 0.814. The molecule has 0 fully saturated rings. The van der Waals surface area contributed by atoms with Crippen molar-refractivity contribution < 1.29 is 0 Å². The van der Waals surface area contributed by atoms with Gasteiger partial charge >= 0.3 is 0 Å². The highest BCUT2D eigenvalue weighted by molar-refractivity contribution is 9.10. The summed E-state index contributed by atoms with van der Waals surface area (Å²) in [6.45, 7) is 5.87. The van der Waals surface area contributed by atoms with E-state index in [0.717, 1.165) is 28.0 Å². The minimum atomic E-state index is 0.491. The summed E-state index contributed by atoms with van der Waals surface area (Å²) in [5.74, 6) is 1.42. The first-order chi connectivity index (χ1) is 9.01. The van der Waals surface area contributed by atoms with Gasteiger partial charge in [-0.25, -0.2) is 9.97 Å². The van der Waals surface area contributed by atoms with E-state index in [1.807, 2.05) is 26.0 Å². The third-order valence-electron chi connectivity index (χ3n) is 2.90. The predicted octanol–water partition coefficient (Wildman–Crippen LogP) is 4.82. The van der Waals surface area contributed by atoms with Gasteiger partial charge in [-0.2, -0.15) is 0 Å². The highest BCUT2D eigenvalue weighted by Crippen LogP contribution is 2.27. The third-order valence-corrected chi connectivity index (χ3v) is 3.76. The van der Waals surface area contributed by atoms with Gasteiger partial charge in [0.15, 0.2) is 0 Å². The van der Waals surface area contributed by atoms with Crippen LogP contribution in [0, 0.1) is 13.8 Å². The number of hydrogen-bond donors (Lipinski definition) is 1. The highest BCUT2D eigenvalue weighted by atomic mass is 79.9. The fourth-order valence-electron chi connectivity index (χ4n) is 1.82. The van der Waals surface area contributed by atoms with Gasteiger partial charge < -0.3 is 5.32 Å². The Morgan fingerprint density at radius 1 is 1.26 bits per heavy atom. The Morgan fingerprint density at radius 3 is 2.68 bits per heavy atom. The van der Waals surface area contributed by atoms with Crippen LogP contribution >= 0.6 is 27.5 Å². The van der Waals surface area contributed by atoms with Crippen molar-refractivity contribution in [2.45, 2.75) is 27.2 Å². The van der Waals surface area contributed by atoms with Crippen molar-refractivity contribution in [2.24, 2.45) is 0 Å². The lowest BCUT2D eigenvalue weighted by molar-refractivity contribution is 1.03. The Labute approximate surface area is 126 Å². The van der Waals surface area contributed by atoms with Crippen LogP contribution in [-0.2, 0) is 6.42 Å². The Morgan fingerprint density at radius 2 is 2.00 bits per heavy atom. The number of aryl methyl sites for hydroxylation is 2. The van der Waals surface area contributed by atoms with Gasteiger partial charge in [-0.3, -0.25) is 0 Å². The number of nitrogens with one attached hydrogen (secondary N) is 1. The first-order valence-electron chi connectivity index (χ1n) is 6.07. The zero-order valence-electron chi connectivity index (χ0n) is 11.1. The molecule has 0 saturated heterocycles. The standard InChI is InChI=1S/C14H15BrClN3/c1-4-10-7-11(15)5-6-12(10)19-14-8(2)13(16)17-9(3)18-14/h5-7H,4H2,1-3H3,(H,17,18,19). The third kappa shape index (κ3) is 3.25. The molecular formula is C14H15BrClN3. The van der Waals surface area contributed by atoms with E-state index in [2.05, 4.69) is 44.2 Å². The zero-order chi connectivity index (χ0) is 14.0.